The molecule has 0 fully saturated rings. The highest BCUT2D eigenvalue weighted by Gasteiger charge is 2.25. The van der Waals surface area contributed by atoms with Gasteiger partial charge in [-0.15, -0.1) is 0 Å². The van der Waals surface area contributed by atoms with Crippen LogP contribution in [0.3, 0.4) is 0 Å². The molecule has 53 heavy (non-hydrogen) atoms. The van der Waals surface area contributed by atoms with Crippen LogP contribution in [-0.4, -0.2) is 29.1 Å². The zero-order chi connectivity index (χ0) is 34.9. The van der Waals surface area contributed by atoms with Crippen molar-refractivity contribution in [2.24, 2.45) is 0 Å². The lowest BCUT2D eigenvalue weighted by atomic mass is 10.1. The number of nitrogens with zero attached hydrogens (tertiary/aromatic N) is 6. The van der Waals surface area contributed by atoms with Gasteiger partial charge in [0.15, 0.2) is 17.2 Å². The normalized spacial score (nSPS) is 11.8. The minimum absolute atomic E-state index is 0.542. The molecule has 0 atom stereocenters. The van der Waals surface area contributed by atoms with Gasteiger partial charge in [-0.3, -0.25) is 4.57 Å². The average molecular weight is 681 g/mol. The monoisotopic (exact) mass is 680 g/mol. The maximum atomic E-state index is 6.40. The second-order valence-corrected chi connectivity index (χ2v) is 13.1. The molecule has 0 bridgehead atoms. The molecule has 11 aromatic rings. The van der Waals surface area contributed by atoms with Crippen LogP contribution in [-0.2, 0) is 0 Å². The fraction of sp³-hybridized carbons (Fsp3) is 0. The standard InChI is InChI=1S/C46H28N6O/c1-3-15-29(16-4-1)43-48-44(30-17-5-2-6-18-30)50-46(49-43)52-38-24-12-8-20-32(38)34-28-27-33-31-19-7-11-23-37(31)51(41(33)42(34)52)39-25-13-9-21-35(39)45-47-36-22-10-14-26-40(36)53-45/h1-28H. The fourth-order valence-corrected chi connectivity index (χ4v) is 7.69. The van der Waals surface area contributed by atoms with E-state index in [1.54, 1.807) is 0 Å². The van der Waals surface area contributed by atoms with Crippen LogP contribution in [0.4, 0.5) is 0 Å². The van der Waals surface area contributed by atoms with Crippen molar-refractivity contribution in [2.45, 2.75) is 0 Å². The number of oxazole rings is 1. The first-order chi connectivity index (χ1) is 26.3. The van der Waals surface area contributed by atoms with E-state index < -0.39 is 0 Å². The van der Waals surface area contributed by atoms with Gasteiger partial charge < -0.3 is 8.98 Å². The number of hydrogen-bond donors (Lipinski definition) is 0. The molecule has 7 heteroatoms. The molecule has 0 saturated carbocycles. The van der Waals surface area contributed by atoms with Gasteiger partial charge in [-0.25, -0.2) is 9.97 Å². The third-order valence-corrected chi connectivity index (χ3v) is 10.0. The summed E-state index contributed by atoms with van der Waals surface area (Å²) in [5, 5.41) is 4.46. The topological polar surface area (TPSA) is 74.6 Å². The van der Waals surface area contributed by atoms with Crippen LogP contribution in [0.5, 0.6) is 0 Å². The predicted octanol–water partition coefficient (Wildman–Crippen LogP) is 11.2. The molecule has 0 unspecified atom stereocenters. The number of fused-ring (bicyclic) bond motifs is 8. The highest BCUT2D eigenvalue weighted by atomic mass is 16.3. The number of rotatable bonds is 5. The molecule has 0 saturated heterocycles. The first-order valence-electron chi connectivity index (χ1n) is 17.6. The first kappa shape index (κ1) is 29.4. The average Bonchev–Trinajstić information content (AvgIpc) is 3.92. The summed E-state index contributed by atoms with van der Waals surface area (Å²) < 4.78 is 11.0. The third-order valence-electron chi connectivity index (χ3n) is 10.0. The van der Waals surface area contributed by atoms with Gasteiger partial charge in [0.1, 0.15) is 5.52 Å². The highest BCUT2D eigenvalue weighted by molar-refractivity contribution is 6.23. The molecule has 0 aliphatic rings. The molecule has 0 amide bonds. The van der Waals surface area contributed by atoms with Gasteiger partial charge in [-0.1, -0.05) is 133 Å². The van der Waals surface area contributed by atoms with Crippen LogP contribution in [0, 0.1) is 0 Å². The number of aromatic nitrogens is 6. The van der Waals surface area contributed by atoms with Gasteiger partial charge >= 0.3 is 0 Å². The Bertz CT molecular complexity index is 3090. The summed E-state index contributed by atoms with van der Waals surface area (Å²) in [7, 11) is 0. The van der Waals surface area contributed by atoms with Crippen molar-refractivity contribution in [2.75, 3.05) is 0 Å². The van der Waals surface area contributed by atoms with E-state index in [2.05, 4.69) is 88.0 Å². The van der Waals surface area contributed by atoms with Crippen LogP contribution in [0.2, 0.25) is 0 Å². The Balaban J connectivity index is 1.29. The number of benzene rings is 7. The molecule has 0 radical (unpaired) electrons. The van der Waals surface area contributed by atoms with Crippen molar-refractivity contribution < 1.29 is 4.42 Å². The molecular weight excluding hydrogens is 653 g/mol. The van der Waals surface area contributed by atoms with E-state index in [4.69, 9.17) is 24.4 Å². The maximum absolute atomic E-state index is 6.40. The van der Waals surface area contributed by atoms with Gasteiger partial charge in [-0.05, 0) is 36.4 Å². The van der Waals surface area contributed by atoms with Crippen molar-refractivity contribution in [3.05, 3.63) is 170 Å². The van der Waals surface area contributed by atoms with Crippen LogP contribution < -0.4 is 0 Å². The fourth-order valence-electron chi connectivity index (χ4n) is 7.69. The molecule has 0 aliphatic heterocycles. The maximum Gasteiger partial charge on any atom is 0.238 e. The van der Waals surface area contributed by atoms with Gasteiger partial charge in [0.25, 0.3) is 0 Å². The van der Waals surface area contributed by atoms with Gasteiger partial charge in [-0.2, -0.15) is 9.97 Å². The molecule has 248 valence electrons. The number of hydrogen-bond acceptors (Lipinski definition) is 5. The molecule has 7 nitrogen and oxygen atoms in total. The summed E-state index contributed by atoms with van der Waals surface area (Å²) in [6.45, 7) is 0. The first-order valence-corrected chi connectivity index (χ1v) is 17.6. The summed E-state index contributed by atoms with van der Waals surface area (Å²) in [6.07, 6.45) is 0. The minimum Gasteiger partial charge on any atom is -0.436 e. The smallest absolute Gasteiger partial charge is 0.238 e. The lowest BCUT2D eigenvalue weighted by molar-refractivity contribution is 0.619. The molecule has 4 aromatic heterocycles. The molecule has 0 spiro atoms. The largest absolute Gasteiger partial charge is 0.436 e. The van der Waals surface area contributed by atoms with E-state index in [9.17, 15) is 0 Å². The van der Waals surface area contributed by atoms with Crippen LogP contribution in [0.15, 0.2) is 174 Å². The van der Waals surface area contributed by atoms with Crippen molar-refractivity contribution in [3.8, 4) is 45.9 Å². The zero-order valence-electron chi connectivity index (χ0n) is 28.3. The third kappa shape index (κ3) is 4.54. The SMILES string of the molecule is c1ccc(-c2nc(-c3ccccc3)nc(-n3c4ccccc4c4ccc5c6ccccc6n(-c6ccccc6-c6nc7ccccc7o6)c5c43)n2)cc1. The van der Waals surface area contributed by atoms with Gasteiger partial charge in [0.05, 0.1) is 33.3 Å². The Hall–Kier alpha value is -7.38. The molecule has 11 rings (SSSR count). The molecule has 0 N–H and O–H groups in total. The van der Waals surface area contributed by atoms with E-state index in [1.165, 1.54) is 0 Å². The predicted molar refractivity (Wildman–Crippen MR) is 212 cm³/mol. The summed E-state index contributed by atoms with van der Waals surface area (Å²) in [5.74, 6) is 2.32. The lowest BCUT2D eigenvalue weighted by Gasteiger charge is -2.14. The van der Waals surface area contributed by atoms with Crippen molar-refractivity contribution in [1.82, 2.24) is 29.1 Å². The highest BCUT2D eigenvalue weighted by Crippen LogP contribution is 2.43. The Morgan fingerprint density at radius 3 is 1.58 bits per heavy atom. The van der Waals surface area contributed by atoms with Gasteiger partial charge in [0, 0.05) is 32.7 Å². The second kappa shape index (κ2) is 11.6. The quantitative estimate of drug-likeness (QED) is 0.181. The molecule has 7 aromatic carbocycles. The lowest BCUT2D eigenvalue weighted by Crippen LogP contribution is -2.07. The van der Waals surface area contributed by atoms with Crippen molar-refractivity contribution in [3.63, 3.8) is 0 Å². The van der Waals surface area contributed by atoms with Gasteiger partial charge in [0.2, 0.25) is 11.8 Å². The van der Waals surface area contributed by atoms with Crippen molar-refractivity contribution >= 4 is 54.7 Å². The molecule has 4 heterocycles. The zero-order valence-corrected chi connectivity index (χ0v) is 28.3. The Kier molecular flexibility index (Phi) is 6.42. The van der Waals surface area contributed by atoms with E-state index in [1.807, 2.05) is 91.0 Å². The van der Waals surface area contributed by atoms with E-state index in [-0.39, 0.29) is 0 Å². The second-order valence-electron chi connectivity index (χ2n) is 13.1. The summed E-state index contributed by atoms with van der Waals surface area (Å²) in [4.78, 5) is 20.4. The molecule has 0 aliphatic carbocycles. The molecular formula is C46H28N6O. The van der Waals surface area contributed by atoms with Crippen LogP contribution in [0.1, 0.15) is 0 Å². The van der Waals surface area contributed by atoms with E-state index in [0.717, 1.165) is 77.1 Å². The van der Waals surface area contributed by atoms with E-state index in [0.29, 0.717) is 23.5 Å². The van der Waals surface area contributed by atoms with Crippen molar-refractivity contribution in [1.29, 1.82) is 0 Å². The summed E-state index contributed by atoms with van der Waals surface area (Å²) >= 11 is 0. The minimum atomic E-state index is 0.542. The summed E-state index contributed by atoms with van der Waals surface area (Å²) in [6, 6.07) is 58.0. The van der Waals surface area contributed by atoms with E-state index >= 15 is 0 Å². The Labute approximate surface area is 303 Å². The summed E-state index contributed by atoms with van der Waals surface area (Å²) in [5.41, 5.74) is 9.36. The Morgan fingerprint density at radius 2 is 0.925 bits per heavy atom. The van der Waals surface area contributed by atoms with Crippen LogP contribution in [0.25, 0.3) is 101 Å². The van der Waals surface area contributed by atoms with Crippen LogP contribution >= 0.6 is 0 Å². The Morgan fingerprint density at radius 1 is 0.396 bits per heavy atom. The number of para-hydroxylation sites is 5.